The first-order valence-electron chi connectivity index (χ1n) is 5.38. The van der Waals surface area contributed by atoms with Gasteiger partial charge in [-0.15, -0.1) is 0 Å². The predicted molar refractivity (Wildman–Crippen MR) is 63.4 cm³/mol. The molecule has 0 spiro atoms. The van der Waals surface area contributed by atoms with Crippen molar-refractivity contribution in [3.8, 4) is 0 Å². The lowest BCUT2D eigenvalue weighted by Gasteiger charge is -2.30. The summed E-state index contributed by atoms with van der Waals surface area (Å²) in [5.74, 6) is 0. The number of hydrogen-bond donors (Lipinski definition) is 0. The molecule has 1 aromatic rings. The topological polar surface area (TPSA) is 46.4 Å². The summed E-state index contributed by atoms with van der Waals surface area (Å²) in [5, 5.41) is 10.5. The van der Waals surface area contributed by atoms with Gasteiger partial charge < -0.3 is 4.90 Å². The quantitative estimate of drug-likeness (QED) is 0.566. The molecule has 0 aliphatic carbocycles. The van der Waals surface area contributed by atoms with Gasteiger partial charge >= 0.3 is 0 Å². The van der Waals surface area contributed by atoms with Crippen LogP contribution in [0.3, 0.4) is 0 Å². The Morgan fingerprint density at radius 2 is 1.94 bits per heavy atom. The Morgan fingerprint density at radius 1 is 1.25 bits per heavy atom. The summed E-state index contributed by atoms with van der Waals surface area (Å²) in [6, 6.07) is 6.65. The van der Waals surface area contributed by atoms with Crippen LogP contribution in [-0.4, -0.2) is 11.5 Å². The predicted octanol–water partition coefficient (Wildman–Crippen LogP) is 3.10. The molecule has 0 amide bonds. The highest BCUT2D eigenvalue weighted by Gasteiger charge is 2.15. The molecule has 1 fully saturated rings. The number of rotatable bonds is 2. The van der Waals surface area contributed by atoms with Gasteiger partial charge in [0, 0.05) is 30.1 Å². The Morgan fingerprint density at radius 3 is 2.50 bits per heavy atom. The third-order valence-corrected chi connectivity index (χ3v) is 2.85. The number of nitro groups is 1. The van der Waals surface area contributed by atoms with Crippen molar-refractivity contribution in [3.05, 3.63) is 46.7 Å². The first kappa shape index (κ1) is 10.7. The van der Waals surface area contributed by atoms with Crippen LogP contribution in [0.4, 0.5) is 11.4 Å². The van der Waals surface area contributed by atoms with Gasteiger partial charge in [-0.2, -0.15) is 0 Å². The maximum absolute atomic E-state index is 10.5. The van der Waals surface area contributed by atoms with Crippen molar-refractivity contribution in [3.63, 3.8) is 0 Å². The minimum atomic E-state index is -0.380. The first-order chi connectivity index (χ1) is 7.68. The molecule has 0 N–H and O–H groups in total. The van der Waals surface area contributed by atoms with E-state index in [2.05, 4.69) is 11.5 Å². The van der Waals surface area contributed by atoms with E-state index in [0.29, 0.717) is 0 Å². The van der Waals surface area contributed by atoms with E-state index in [-0.39, 0.29) is 10.6 Å². The fraction of sp³-hybridized carbons (Fsp3) is 0.333. The molecule has 1 aliphatic rings. The summed E-state index contributed by atoms with van der Waals surface area (Å²) in [5.41, 5.74) is 2.22. The molecule has 4 nitrogen and oxygen atoms in total. The fourth-order valence-corrected chi connectivity index (χ4v) is 1.96. The van der Waals surface area contributed by atoms with E-state index in [4.69, 9.17) is 0 Å². The van der Waals surface area contributed by atoms with Gasteiger partial charge in [0.15, 0.2) is 0 Å². The number of allylic oxidation sites excluding steroid dienone is 1. The Kier molecular flexibility index (Phi) is 2.90. The molecule has 0 bridgehead atoms. The molecule has 0 aromatic heterocycles. The molecule has 0 saturated carbocycles. The third kappa shape index (κ3) is 2.05. The van der Waals surface area contributed by atoms with Gasteiger partial charge in [-0.05, 0) is 31.4 Å². The lowest BCUT2D eigenvalue weighted by Crippen LogP contribution is -2.26. The smallest absolute Gasteiger partial charge is 0.269 e. The van der Waals surface area contributed by atoms with Gasteiger partial charge in [0.1, 0.15) is 0 Å². The molecule has 0 radical (unpaired) electrons. The zero-order chi connectivity index (χ0) is 11.5. The molecule has 1 aliphatic heterocycles. The van der Waals surface area contributed by atoms with Gasteiger partial charge in [-0.3, -0.25) is 10.1 Å². The Bertz CT molecular complexity index is 412. The van der Waals surface area contributed by atoms with Gasteiger partial charge in [0.25, 0.3) is 5.69 Å². The number of nitrogens with zero attached hydrogens (tertiary/aromatic N) is 2. The summed E-state index contributed by atoms with van der Waals surface area (Å²) in [4.78, 5) is 12.3. The zero-order valence-corrected chi connectivity index (χ0v) is 9.06. The molecule has 1 aromatic carbocycles. The third-order valence-electron chi connectivity index (χ3n) is 2.85. The highest BCUT2D eigenvalue weighted by Crippen LogP contribution is 2.27. The van der Waals surface area contributed by atoms with Crippen LogP contribution < -0.4 is 4.90 Å². The van der Waals surface area contributed by atoms with Crippen LogP contribution in [0.2, 0.25) is 0 Å². The van der Waals surface area contributed by atoms with E-state index in [9.17, 15) is 10.1 Å². The molecule has 16 heavy (non-hydrogen) atoms. The summed E-state index contributed by atoms with van der Waals surface area (Å²) in [6.07, 6.45) is 3.34. The van der Waals surface area contributed by atoms with Crippen LogP contribution in [-0.2, 0) is 0 Å². The van der Waals surface area contributed by atoms with Crippen molar-refractivity contribution in [2.24, 2.45) is 0 Å². The van der Waals surface area contributed by atoms with E-state index in [1.165, 1.54) is 18.6 Å². The standard InChI is InChI=1S/C12H14N2O2/c1-10-4-2-3-9-13(10)11-5-7-12(8-6-11)14(15)16/h5-8H,1-4,9H2. The molecule has 4 heteroatoms. The van der Waals surface area contributed by atoms with E-state index in [1.54, 1.807) is 12.1 Å². The Balaban J connectivity index is 2.20. The summed E-state index contributed by atoms with van der Waals surface area (Å²) >= 11 is 0. The van der Waals surface area contributed by atoms with Crippen LogP contribution in [0.5, 0.6) is 0 Å². The van der Waals surface area contributed by atoms with Gasteiger partial charge in [-0.1, -0.05) is 6.58 Å². The zero-order valence-electron chi connectivity index (χ0n) is 9.06. The molecule has 1 saturated heterocycles. The van der Waals surface area contributed by atoms with Crippen molar-refractivity contribution in [2.75, 3.05) is 11.4 Å². The highest BCUT2D eigenvalue weighted by molar-refractivity contribution is 5.55. The maximum Gasteiger partial charge on any atom is 0.269 e. The minimum absolute atomic E-state index is 0.131. The normalized spacial score (nSPS) is 16.2. The van der Waals surface area contributed by atoms with Crippen LogP contribution in [0.1, 0.15) is 19.3 Å². The van der Waals surface area contributed by atoms with Crippen molar-refractivity contribution in [2.45, 2.75) is 19.3 Å². The number of non-ortho nitro benzene ring substituents is 1. The van der Waals surface area contributed by atoms with Gasteiger partial charge in [-0.25, -0.2) is 0 Å². The lowest BCUT2D eigenvalue weighted by molar-refractivity contribution is -0.384. The second-order valence-electron chi connectivity index (χ2n) is 3.95. The first-order valence-corrected chi connectivity index (χ1v) is 5.38. The molecule has 2 rings (SSSR count). The van der Waals surface area contributed by atoms with Crippen molar-refractivity contribution >= 4 is 11.4 Å². The lowest BCUT2D eigenvalue weighted by atomic mass is 10.1. The number of hydrogen-bond acceptors (Lipinski definition) is 3. The number of nitro benzene ring substituents is 1. The minimum Gasteiger partial charge on any atom is -0.346 e. The summed E-state index contributed by atoms with van der Waals surface area (Å²) in [6.45, 7) is 4.98. The number of piperidine rings is 1. The van der Waals surface area contributed by atoms with Crippen molar-refractivity contribution < 1.29 is 4.92 Å². The fourth-order valence-electron chi connectivity index (χ4n) is 1.96. The van der Waals surface area contributed by atoms with Crippen LogP contribution in [0, 0.1) is 10.1 Å². The van der Waals surface area contributed by atoms with Crippen LogP contribution >= 0.6 is 0 Å². The van der Waals surface area contributed by atoms with Crippen LogP contribution in [0.25, 0.3) is 0 Å². The largest absolute Gasteiger partial charge is 0.346 e. The van der Waals surface area contributed by atoms with Gasteiger partial charge in [0.2, 0.25) is 0 Å². The Hall–Kier alpha value is -1.84. The molecular weight excluding hydrogens is 204 g/mol. The second kappa shape index (κ2) is 4.35. The van der Waals surface area contributed by atoms with E-state index < -0.39 is 0 Å². The SMILES string of the molecule is C=C1CCCCN1c1ccc([N+](=O)[O-])cc1. The molecular formula is C12H14N2O2. The highest BCUT2D eigenvalue weighted by atomic mass is 16.6. The van der Waals surface area contributed by atoms with Crippen LogP contribution in [0.15, 0.2) is 36.5 Å². The maximum atomic E-state index is 10.5. The second-order valence-corrected chi connectivity index (χ2v) is 3.95. The number of anilines is 1. The molecule has 84 valence electrons. The Labute approximate surface area is 94.3 Å². The van der Waals surface area contributed by atoms with E-state index >= 15 is 0 Å². The molecule has 1 heterocycles. The summed E-state index contributed by atoms with van der Waals surface area (Å²) in [7, 11) is 0. The van der Waals surface area contributed by atoms with Gasteiger partial charge in [0.05, 0.1) is 4.92 Å². The van der Waals surface area contributed by atoms with Crippen molar-refractivity contribution in [1.29, 1.82) is 0 Å². The van der Waals surface area contributed by atoms with E-state index in [0.717, 1.165) is 30.8 Å². The average molecular weight is 218 g/mol. The molecule has 0 atom stereocenters. The monoisotopic (exact) mass is 218 g/mol. The van der Waals surface area contributed by atoms with E-state index in [1.807, 2.05) is 0 Å². The van der Waals surface area contributed by atoms with Crippen molar-refractivity contribution in [1.82, 2.24) is 0 Å². The summed E-state index contributed by atoms with van der Waals surface area (Å²) < 4.78 is 0. The number of benzene rings is 1. The average Bonchev–Trinajstić information content (AvgIpc) is 2.30. The molecule has 0 unspecified atom stereocenters.